The molecule has 1 aliphatic heterocycles. The van der Waals surface area contributed by atoms with Gasteiger partial charge in [-0.3, -0.25) is 15.3 Å². The highest BCUT2D eigenvalue weighted by Crippen LogP contribution is 2.28. The number of carbonyl (C=O) groups excluding carboxylic acids is 1. The van der Waals surface area contributed by atoms with E-state index in [0.29, 0.717) is 16.7 Å². The van der Waals surface area contributed by atoms with Crippen LogP contribution in [0.4, 0.5) is 10.5 Å². The number of benzene rings is 2. The number of aromatic amines is 1. The molecule has 1 aliphatic rings. The van der Waals surface area contributed by atoms with Crippen molar-refractivity contribution in [1.82, 2.24) is 15.1 Å². The van der Waals surface area contributed by atoms with Gasteiger partial charge in [-0.15, -0.1) is 11.3 Å². The molecule has 0 bridgehead atoms. The number of amides is 1. The summed E-state index contributed by atoms with van der Waals surface area (Å²) in [5.74, 6) is 0.611. The Balaban J connectivity index is 1.35. The average molecular weight is 517 g/mol. The molecule has 0 spiro atoms. The van der Waals surface area contributed by atoms with Gasteiger partial charge in [0.2, 0.25) is 0 Å². The van der Waals surface area contributed by atoms with Gasteiger partial charge in [-0.1, -0.05) is 36.4 Å². The van der Waals surface area contributed by atoms with Gasteiger partial charge in [0.25, 0.3) is 0 Å². The zero-order valence-corrected chi connectivity index (χ0v) is 21.8. The zero-order chi connectivity index (χ0) is 25.6. The number of carbonyl (C=O) groups is 1. The number of hydrogen-bond acceptors (Lipinski definition) is 6. The van der Waals surface area contributed by atoms with Crippen molar-refractivity contribution in [3.05, 3.63) is 76.3 Å². The predicted octanol–water partition coefficient (Wildman–Crippen LogP) is 6.31. The van der Waals surface area contributed by atoms with Crippen LogP contribution < -0.4 is 10.1 Å². The summed E-state index contributed by atoms with van der Waals surface area (Å²) in [6, 6.07) is 16.1. The van der Waals surface area contributed by atoms with Gasteiger partial charge >= 0.3 is 6.09 Å². The van der Waals surface area contributed by atoms with Crippen molar-refractivity contribution >= 4 is 46.2 Å². The maximum Gasteiger partial charge on any atom is 0.417 e. The minimum Gasteiger partial charge on any atom is -0.399 e. The van der Waals surface area contributed by atoms with Gasteiger partial charge in [-0.05, 0) is 86.0 Å². The molecule has 7 nitrogen and oxygen atoms in total. The number of nitrogens with one attached hydrogen (secondary N) is 2. The lowest BCUT2D eigenvalue weighted by Gasteiger charge is -2.31. The largest absolute Gasteiger partial charge is 0.417 e. The number of aliphatic hydroxyl groups excluding tert-OH is 1. The SMILES string of the molecule is Cc1ccsc1OC(=O)Nc1cc(CN2CCC(CCO)CC2)ccc1/C=C/c1n[nH]c2ccccc12. The van der Waals surface area contributed by atoms with E-state index in [1.807, 2.05) is 66.9 Å². The topological polar surface area (TPSA) is 90.5 Å². The maximum atomic E-state index is 12.8. The number of ether oxygens (including phenoxy) is 1. The minimum absolute atomic E-state index is 0.268. The molecule has 1 fully saturated rings. The Labute approximate surface area is 220 Å². The molecule has 1 amide bonds. The number of likely N-dealkylation sites (tertiary alicyclic amines) is 1. The molecule has 3 N–H and O–H groups in total. The molecule has 5 rings (SSSR count). The zero-order valence-electron chi connectivity index (χ0n) is 20.9. The Morgan fingerprint density at radius 1 is 1.22 bits per heavy atom. The first-order chi connectivity index (χ1) is 18.1. The molecular formula is C29H32N4O3S. The number of H-pyrrole nitrogens is 1. The van der Waals surface area contributed by atoms with Crippen molar-refractivity contribution in [2.75, 3.05) is 25.0 Å². The average Bonchev–Trinajstić information content (AvgIpc) is 3.50. The van der Waals surface area contributed by atoms with Crippen LogP contribution in [0.3, 0.4) is 0 Å². The summed E-state index contributed by atoms with van der Waals surface area (Å²) in [6.07, 6.45) is 6.53. The van der Waals surface area contributed by atoms with E-state index in [2.05, 4.69) is 26.5 Å². The highest BCUT2D eigenvalue weighted by atomic mass is 32.1. The first-order valence-corrected chi connectivity index (χ1v) is 13.6. The van der Waals surface area contributed by atoms with Gasteiger partial charge in [-0.2, -0.15) is 5.10 Å². The number of thiophene rings is 1. The van der Waals surface area contributed by atoms with Crippen molar-refractivity contribution < 1.29 is 14.6 Å². The summed E-state index contributed by atoms with van der Waals surface area (Å²) in [7, 11) is 0. The fourth-order valence-corrected chi connectivity index (χ4v) is 5.57. The van der Waals surface area contributed by atoms with E-state index in [1.165, 1.54) is 11.3 Å². The molecule has 37 heavy (non-hydrogen) atoms. The second-order valence-corrected chi connectivity index (χ2v) is 10.4. The van der Waals surface area contributed by atoms with Crippen LogP contribution in [0.1, 0.15) is 41.6 Å². The molecule has 8 heteroatoms. The normalized spacial score (nSPS) is 15.0. The second-order valence-electron chi connectivity index (χ2n) is 9.55. The van der Waals surface area contributed by atoms with E-state index in [4.69, 9.17) is 4.74 Å². The predicted molar refractivity (Wildman–Crippen MR) is 150 cm³/mol. The number of anilines is 1. The fourth-order valence-electron chi connectivity index (χ4n) is 4.79. The Kier molecular flexibility index (Phi) is 7.99. The van der Waals surface area contributed by atoms with E-state index in [-0.39, 0.29) is 6.61 Å². The third-order valence-electron chi connectivity index (χ3n) is 6.93. The third kappa shape index (κ3) is 6.28. The molecule has 1 saturated heterocycles. The van der Waals surface area contributed by atoms with Crippen LogP contribution in [0.5, 0.6) is 5.06 Å². The number of fused-ring (bicyclic) bond motifs is 1. The molecule has 2 aromatic carbocycles. The van der Waals surface area contributed by atoms with E-state index in [0.717, 1.165) is 72.2 Å². The van der Waals surface area contributed by atoms with E-state index in [1.54, 1.807) is 0 Å². The van der Waals surface area contributed by atoms with Gasteiger partial charge in [0.15, 0.2) is 5.06 Å². The van der Waals surface area contributed by atoms with Crippen molar-refractivity contribution in [3.63, 3.8) is 0 Å². The van der Waals surface area contributed by atoms with Crippen LogP contribution in [0, 0.1) is 12.8 Å². The molecule has 0 aliphatic carbocycles. The lowest BCUT2D eigenvalue weighted by Crippen LogP contribution is -2.33. The number of aromatic nitrogens is 2. The molecule has 0 radical (unpaired) electrons. The number of aryl methyl sites for hydroxylation is 1. The molecule has 0 saturated carbocycles. The lowest BCUT2D eigenvalue weighted by atomic mass is 9.93. The van der Waals surface area contributed by atoms with Crippen LogP contribution in [-0.2, 0) is 6.54 Å². The van der Waals surface area contributed by atoms with Crippen LogP contribution in [0.15, 0.2) is 53.9 Å². The molecule has 3 heterocycles. The monoisotopic (exact) mass is 516 g/mol. The summed E-state index contributed by atoms with van der Waals surface area (Å²) in [4.78, 5) is 15.2. The third-order valence-corrected chi connectivity index (χ3v) is 7.82. The quantitative estimate of drug-likeness (QED) is 0.255. The van der Waals surface area contributed by atoms with Gasteiger partial charge in [0.05, 0.1) is 16.9 Å². The number of piperidine rings is 1. The van der Waals surface area contributed by atoms with Gasteiger partial charge < -0.3 is 9.84 Å². The fraction of sp³-hybridized carbons (Fsp3) is 0.310. The standard InChI is InChI=1S/C29H32N4O3S/c1-20-13-17-37-28(20)36-29(35)30-27-18-22(19-33-14-10-21(11-15-33)12-16-34)6-7-23(27)8-9-26-24-4-2-3-5-25(24)31-32-26/h2-9,13,17-18,21,34H,10-12,14-16,19H2,1H3,(H,30,35)(H,31,32)/b9-8+. The van der Waals surface area contributed by atoms with Crippen molar-refractivity contribution in [2.24, 2.45) is 5.92 Å². The molecule has 4 aromatic rings. The smallest absolute Gasteiger partial charge is 0.399 e. The summed E-state index contributed by atoms with van der Waals surface area (Å²) >= 11 is 1.40. The first-order valence-electron chi connectivity index (χ1n) is 12.7. The number of hydrogen-bond donors (Lipinski definition) is 3. The van der Waals surface area contributed by atoms with Crippen molar-refractivity contribution in [3.8, 4) is 5.06 Å². The Bertz CT molecular complexity index is 1380. The number of nitrogens with zero attached hydrogens (tertiary/aromatic N) is 2. The molecular weight excluding hydrogens is 484 g/mol. The minimum atomic E-state index is -0.507. The van der Waals surface area contributed by atoms with Gasteiger partial charge in [0.1, 0.15) is 0 Å². The summed E-state index contributed by atoms with van der Waals surface area (Å²) in [5, 5.41) is 23.2. The van der Waals surface area contributed by atoms with Crippen LogP contribution in [0.2, 0.25) is 0 Å². The van der Waals surface area contributed by atoms with E-state index in [9.17, 15) is 9.90 Å². The van der Waals surface area contributed by atoms with Crippen molar-refractivity contribution in [1.29, 1.82) is 0 Å². The number of aliphatic hydroxyl groups is 1. The van der Waals surface area contributed by atoms with Crippen LogP contribution >= 0.6 is 11.3 Å². The lowest BCUT2D eigenvalue weighted by molar-refractivity contribution is 0.153. The van der Waals surface area contributed by atoms with Crippen LogP contribution in [0.25, 0.3) is 23.1 Å². The van der Waals surface area contributed by atoms with Crippen LogP contribution in [-0.4, -0.2) is 46.0 Å². The molecule has 192 valence electrons. The molecule has 0 unspecified atom stereocenters. The Hall–Kier alpha value is -3.46. The van der Waals surface area contributed by atoms with Gasteiger partial charge in [-0.25, -0.2) is 4.79 Å². The Morgan fingerprint density at radius 2 is 2.05 bits per heavy atom. The van der Waals surface area contributed by atoms with E-state index >= 15 is 0 Å². The number of rotatable bonds is 8. The second kappa shape index (κ2) is 11.7. The number of para-hydroxylation sites is 1. The highest BCUT2D eigenvalue weighted by molar-refractivity contribution is 7.12. The molecule has 2 aromatic heterocycles. The summed E-state index contributed by atoms with van der Waals surface area (Å²) in [5.41, 5.74) is 5.46. The van der Waals surface area contributed by atoms with Gasteiger partial charge in [0, 0.05) is 24.1 Å². The Morgan fingerprint density at radius 3 is 2.84 bits per heavy atom. The summed E-state index contributed by atoms with van der Waals surface area (Å²) in [6.45, 7) is 5.03. The maximum absolute atomic E-state index is 12.8. The first kappa shape index (κ1) is 25.2. The van der Waals surface area contributed by atoms with Crippen molar-refractivity contribution in [2.45, 2.75) is 32.7 Å². The van der Waals surface area contributed by atoms with E-state index < -0.39 is 6.09 Å². The molecule has 0 atom stereocenters. The highest BCUT2D eigenvalue weighted by Gasteiger charge is 2.19. The summed E-state index contributed by atoms with van der Waals surface area (Å²) < 4.78 is 5.57.